The summed E-state index contributed by atoms with van der Waals surface area (Å²) in [6.07, 6.45) is 7.52. The van der Waals surface area contributed by atoms with Crippen LogP contribution in [0.15, 0.2) is 24.3 Å². The SMILES string of the molecule is CCCCCCCCNc1cccc(NS(N)(=O)=O)c1. The average Bonchev–Trinajstić information content (AvgIpc) is 2.36. The molecule has 0 saturated carbocycles. The Kier molecular flexibility index (Phi) is 7.40. The molecule has 20 heavy (non-hydrogen) atoms. The molecule has 0 heterocycles. The van der Waals surface area contributed by atoms with Crippen LogP contribution in [-0.4, -0.2) is 15.0 Å². The maximum Gasteiger partial charge on any atom is 0.296 e. The molecular formula is C14H25N3O2S. The Labute approximate surface area is 122 Å². The van der Waals surface area contributed by atoms with E-state index in [0.717, 1.165) is 18.7 Å². The minimum absolute atomic E-state index is 0.473. The van der Waals surface area contributed by atoms with Crippen LogP contribution in [0.5, 0.6) is 0 Å². The fourth-order valence-corrected chi connectivity index (χ4v) is 2.45. The Bertz CT molecular complexity index is 489. The number of anilines is 2. The van der Waals surface area contributed by atoms with Gasteiger partial charge in [-0.25, -0.2) is 5.14 Å². The van der Waals surface area contributed by atoms with Crippen molar-refractivity contribution in [3.8, 4) is 0 Å². The predicted molar refractivity (Wildman–Crippen MR) is 85.0 cm³/mol. The molecule has 1 aromatic rings. The third-order valence-electron chi connectivity index (χ3n) is 2.98. The van der Waals surface area contributed by atoms with Crippen LogP contribution in [0, 0.1) is 0 Å². The molecule has 114 valence electrons. The molecule has 0 spiro atoms. The van der Waals surface area contributed by atoms with Crippen LogP contribution in [0.3, 0.4) is 0 Å². The first-order valence-electron chi connectivity index (χ1n) is 7.16. The molecule has 0 atom stereocenters. The topological polar surface area (TPSA) is 84.2 Å². The van der Waals surface area contributed by atoms with Crippen molar-refractivity contribution in [2.24, 2.45) is 5.14 Å². The van der Waals surface area contributed by atoms with Gasteiger partial charge in [0, 0.05) is 12.2 Å². The Morgan fingerprint density at radius 1 is 1.05 bits per heavy atom. The number of hydrogen-bond donors (Lipinski definition) is 3. The van der Waals surface area contributed by atoms with Crippen LogP contribution in [0.2, 0.25) is 0 Å². The first kappa shape index (κ1) is 16.8. The van der Waals surface area contributed by atoms with Crippen molar-refractivity contribution in [3.05, 3.63) is 24.3 Å². The second-order valence-electron chi connectivity index (χ2n) is 4.92. The highest BCUT2D eigenvalue weighted by atomic mass is 32.2. The summed E-state index contributed by atoms with van der Waals surface area (Å²) in [6.45, 7) is 3.11. The molecule has 0 unspecified atom stereocenters. The number of benzene rings is 1. The van der Waals surface area contributed by atoms with Gasteiger partial charge >= 0.3 is 0 Å². The molecular weight excluding hydrogens is 274 g/mol. The van der Waals surface area contributed by atoms with Gasteiger partial charge in [0.15, 0.2) is 0 Å². The Balaban J connectivity index is 2.28. The number of nitrogens with two attached hydrogens (primary N) is 1. The molecule has 0 aromatic heterocycles. The summed E-state index contributed by atoms with van der Waals surface area (Å²) in [5, 5.41) is 8.22. The zero-order valence-corrected chi connectivity index (χ0v) is 12.9. The zero-order valence-electron chi connectivity index (χ0n) is 12.1. The van der Waals surface area contributed by atoms with Crippen molar-refractivity contribution in [1.29, 1.82) is 0 Å². The molecule has 4 N–H and O–H groups in total. The normalized spacial score (nSPS) is 11.3. The van der Waals surface area contributed by atoms with Gasteiger partial charge in [-0.2, -0.15) is 8.42 Å². The zero-order chi connectivity index (χ0) is 14.8. The van der Waals surface area contributed by atoms with Crippen molar-refractivity contribution in [2.45, 2.75) is 45.4 Å². The predicted octanol–water partition coefficient (Wildman–Crippen LogP) is 3.07. The maximum absolute atomic E-state index is 10.9. The summed E-state index contributed by atoms with van der Waals surface area (Å²) < 4.78 is 24.1. The highest BCUT2D eigenvalue weighted by molar-refractivity contribution is 7.90. The van der Waals surface area contributed by atoms with Crippen molar-refractivity contribution in [2.75, 3.05) is 16.6 Å². The third-order valence-corrected chi connectivity index (χ3v) is 3.50. The molecule has 0 aliphatic rings. The molecule has 0 saturated heterocycles. The summed E-state index contributed by atoms with van der Waals surface area (Å²) in [7, 11) is -3.71. The summed E-state index contributed by atoms with van der Waals surface area (Å²) in [4.78, 5) is 0. The summed E-state index contributed by atoms with van der Waals surface area (Å²) in [5.41, 5.74) is 1.37. The van der Waals surface area contributed by atoms with E-state index in [2.05, 4.69) is 17.0 Å². The van der Waals surface area contributed by atoms with Crippen molar-refractivity contribution < 1.29 is 8.42 Å². The largest absolute Gasteiger partial charge is 0.385 e. The minimum atomic E-state index is -3.71. The highest BCUT2D eigenvalue weighted by Gasteiger charge is 2.02. The van der Waals surface area contributed by atoms with Gasteiger partial charge in [0.2, 0.25) is 0 Å². The molecule has 5 nitrogen and oxygen atoms in total. The van der Waals surface area contributed by atoms with E-state index in [1.165, 1.54) is 32.1 Å². The van der Waals surface area contributed by atoms with E-state index >= 15 is 0 Å². The van der Waals surface area contributed by atoms with Crippen LogP contribution in [0.1, 0.15) is 45.4 Å². The second-order valence-corrected chi connectivity index (χ2v) is 6.22. The van der Waals surface area contributed by atoms with Crippen molar-refractivity contribution in [3.63, 3.8) is 0 Å². The maximum atomic E-state index is 10.9. The van der Waals surface area contributed by atoms with Crippen LogP contribution in [0.4, 0.5) is 11.4 Å². The highest BCUT2D eigenvalue weighted by Crippen LogP contribution is 2.16. The van der Waals surface area contributed by atoms with Crippen molar-refractivity contribution >= 4 is 21.6 Å². The summed E-state index contributed by atoms with van der Waals surface area (Å²) in [5.74, 6) is 0. The minimum Gasteiger partial charge on any atom is -0.385 e. The van der Waals surface area contributed by atoms with Gasteiger partial charge in [-0.3, -0.25) is 4.72 Å². The number of hydrogen-bond acceptors (Lipinski definition) is 3. The molecule has 1 aromatic carbocycles. The van der Waals surface area contributed by atoms with Crippen LogP contribution in [-0.2, 0) is 10.2 Å². The lowest BCUT2D eigenvalue weighted by Gasteiger charge is -2.09. The third kappa shape index (κ3) is 8.01. The van der Waals surface area contributed by atoms with Gasteiger partial charge in [0.05, 0.1) is 5.69 Å². The van der Waals surface area contributed by atoms with Gasteiger partial charge in [-0.15, -0.1) is 0 Å². The fraction of sp³-hybridized carbons (Fsp3) is 0.571. The van der Waals surface area contributed by atoms with Gasteiger partial charge < -0.3 is 5.32 Å². The summed E-state index contributed by atoms with van der Waals surface area (Å²) in [6, 6.07) is 7.10. The van der Waals surface area contributed by atoms with E-state index < -0.39 is 10.2 Å². The summed E-state index contributed by atoms with van der Waals surface area (Å²) >= 11 is 0. The molecule has 0 radical (unpaired) electrons. The van der Waals surface area contributed by atoms with Crippen molar-refractivity contribution in [1.82, 2.24) is 0 Å². The van der Waals surface area contributed by atoms with Gasteiger partial charge in [0.25, 0.3) is 10.2 Å². The van der Waals surface area contributed by atoms with Gasteiger partial charge in [-0.1, -0.05) is 45.1 Å². The lowest BCUT2D eigenvalue weighted by Crippen LogP contribution is -2.21. The van der Waals surface area contributed by atoms with E-state index in [1.807, 2.05) is 6.07 Å². The quantitative estimate of drug-likeness (QED) is 0.580. The molecule has 0 fully saturated rings. The molecule has 1 rings (SSSR count). The van der Waals surface area contributed by atoms with E-state index in [1.54, 1.807) is 18.2 Å². The Morgan fingerprint density at radius 2 is 1.70 bits per heavy atom. The lowest BCUT2D eigenvalue weighted by atomic mass is 10.1. The molecule has 0 amide bonds. The lowest BCUT2D eigenvalue weighted by molar-refractivity contribution is 0.603. The Morgan fingerprint density at radius 3 is 2.40 bits per heavy atom. The first-order valence-corrected chi connectivity index (χ1v) is 8.70. The van der Waals surface area contributed by atoms with Gasteiger partial charge in [-0.05, 0) is 24.6 Å². The Hall–Kier alpha value is -1.27. The van der Waals surface area contributed by atoms with Gasteiger partial charge in [0.1, 0.15) is 0 Å². The van der Waals surface area contributed by atoms with E-state index in [0.29, 0.717) is 5.69 Å². The van der Waals surface area contributed by atoms with E-state index in [-0.39, 0.29) is 0 Å². The average molecular weight is 299 g/mol. The molecule has 0 aliphatic heterocycles. The van der Waals surface area contributed by atoms with E-state index in [9.17, 15) is 8.42 Å². The van der Waals surface area contributed by atoms with Crippen LogP contribution in [0.25, 0.3) is 0 Å². The van der Waals surface area contributed by atoms with E-state index in [4.69, 9.17) is 5.14 Å². The first-order chi connectivity index (χ1) is 9.51. The molecule has 6 heteroatoms. The monoisotopic (exact) mass is 299 g/mol. The number of nitrogens with one attached hydrogen (secondary N) is 2. The smallest absolute Gasteiger partial charge is 0.296 e. The van der Waals surface area contributed by atoms with Crippen LogP contribution >= 0.6 is 0 Å². The fourth-order valence-electron chi connectivity index (χ4n) is 1.99. The number of rotatable bonds is 10. The molecule has 0 aliphatic carbocycles. The van der Waals surface area contributed by atoms with Crippen LogP contribution < -0.4 is 15.2 Å². The second kappa shape index (κ2) is 8.81. The standard InChI is InChI=1S/C14H25N3O2S/c1-2-3-4-5-6-7-11-16-13-9-8-10-14(12-13)17-20(15,18)19/h8-10,12,16-17H,2-7,11H2,1H3,(H2,15,18,19). The molecule has 0 bridgehead atoms. The number of unbranched alkanes of at least 4 members (excludes halogenated alkanes) is 5.